The van der Waals surface area contributed by atoms with Crippen molar-refractivity contribution in [3.8, 4) is 0 Å². The SMILES string of the molecule is CC.CC.CC.Cc1ccns1.Cc1cncs1.Cc1cnsc1. The van der Waals surface area contributed by atoms with E-state index < -0.39 is 0 Å². The minimum atomic E-state index is 1.25. The molecule has 3 heterocycles. The van der Waals surface area contributed by atoms with Crippen molar-refractivity contribution in [2.45, 2.75) is 62.3 Å². The topological polar surface area (TPSA) is 38.7 Å². The van der Waals surface area contributed by atoms with Crippen LogP contribution in [0.2, 0.25) is 0 Å². The predicted molar refractivity (Wildman–Crippen MR) is 115 cm³/mol. The summed E-state index contributed by atoms with van der Waals surface area (Å²) in [4.78, 5) is 6.39. The lowest BCUT2D eigenvalue weighted by Crippen LogP contribution is -1.50. The maximum atomic E-state index is 3.86. The lowest BCUT2D eigenvalue weighted by Gasteiger charge is -1.63. The molecular weight excluding hydrogens is 354 g/mol. The van der Waals surface area contributed by atoms with E-state index in [1.165, 1.54) is 38.4 Å². The van der Waals surface area contributed by atoms with Gasteiger partial charge in [-0.3, -0.25) is 4.98 Å². The van der Waals surface area contributed by atoms with Gasteiger partial charge < -0.3 is 0 Å². The molecule has 0 bridgehead atoms. The lowest BCUT2D eigenvalue weighted by molar-refractivity contribution is 1.39. The van der Waals surface area contributed by atoms with E-state index in [-0.39, 0.29) is 0 Å². The molecule has 3 nitrogen and oxygen atoms in total. The fourth-order valence-electron chi connectivity index (χ4n) is 0.816. The van der Waals surface area contributed by atoms with Crippen molar-refractivity contribution in [3.63, 3.8) is 0 Å². The number of nitrogens with zero attached hydrogens (tertiary/aromatic N) is 3. The third-order valence-corrected chi connectivity index (χ3v) is 3.74. The quantitative estimate of drug-likeness (QED) is 0.402. The summed E-state index contributed by atoms with van der Waals surface area (Å²) in [5.41, 5.74) is 3.08. The minimum Gasteiger partial charge on any atom is -0.253 e. The van der Waals surface area contributed by atoms with Gasteiger partial charge in [0.2, 0.25) is 0 Å². The van der Waals surface area contributed by atoms with Gasteiger partial charge in [-0.2, -0.15) is 0 Å². The summed E-state index contributed by atoms with van der Waals surface area (Å²) >= 11 is 4.68. The van der Waals surface area contributed by atoms with Gasteiger partial charge >= 0.3 is 0 Å². The van der Waals surface area contributed by atoms with Crippen molar-refractivity contribution in [1.29, 1.82) is 0 Å². The van der Waals surface area contributed by atoms with Crippen molar-refractivity contribution in [2.75, 3.05) is 0 Å². The summed E-state index contributed by atoms with van der Waals surface area (Å²) in [7, 11) is 0. The Morgan fingerprint density at radius 1 is 0.792 bits per heavy atom. The number of aryl methyl sites for hydroxylation is 3. The summed E-state index contributed by atoms with van der Waals surface area (Å²) in [6, 6.07) is 1.99. The van der Waals surface area contributed by atoms with E-state index in [1.807, 2.05) is 91.7 Å². The Morgan fingerprint density at radius 3 is 1.54 bits per heavy atom. The predicted octanol–water partition coefficient (Wildman–Crippen LogP) is 7.43. The summed E-state index contributed by atoms with van der Waals surface area (Å²) in [6.45, 7) is 18.1. The van der Waals surface area contributed by atoms with E-state index in [4.69, 9.17) is 0 Å². The van der Waals surface area contributed by atoms with Crippen molar-refractivity contribution < 1.29 is 0 Å². The Bertz CT molecular complexity index is 413. The second kappa shape index (κ2) is 24.1. The highest BCUT2D eigenvalue weighted by molar-refractivity contribution is 7.09. The number of aromatic nitrogens is 3. The van der Waals surface area contributed by atoms with Crippen LogP contribution in [0.3, 0.4) is 0 Å². The zero-order chi connectivity index (χ0) is 19.2. The van der Waals surface area contributed by atoms with Crippen LogP contribution in [0.4, 0.5) is 0 Å². The Balaban J connectivity index is -0.000000239. The molecule has 0 radical (unpaired) electrons. The molecule has 0 spiro atoms. The van der Waals surface area contributed by atoms with E-state index in [1.54, 1.807) is 17.5 Å². The van der Waals surface area contributed by atoms with Crippen LogP contribution in [0.25, 0.3) is 0 Å². The van der Waals surface area contributed by atoms with Crippen LogP contribution in [0.5, 0.6) is 0 Å². The van der Waals surface area contributed by atoms with Crippen molar-refractivity contribution in [1.82, 2.24) is 13.7 Å². The molecule has 0 fully saturated rings. The van der Waals surface area contributed by atoms with Crippen LogP contribution in [0.1, 0.15) is 56.9 Å². The molecule has 0 saturated carbocycles. The molecule has 0 N–H and O–H groups in total. The van der Waals surface area contributed by atoms with Gasteiger partial charge in [-0.05, 0) is 55.5 Å². The van der Waals surface area contributed by atoms with Gasteiger partial charge in [0.15, 0.2) is 0 Å². The van der Waals surface area contributed by atoms with Crippen LogP contribution in [0.15, 0.2) is 35.5 Å². The molecular formula is C18H33N3S3. The van der Waals surface area contributed by atoms with Gasteiger partial charge in [-0.15, -0.1) is 11.3 Å². The van der Waals surface area contributed by atoms with Crippen LogP contribution >= 0.6 is 34.4 Å². The van der Waals surface area contributed by atoms with Gasteiger partial charge in [0.1, 0.15) is 0 Å². The third kappa shape index (κ3) is 20.9. The summed E-state index contributed by atoms with van der Waals surface area (Å²) < 4.78 is 7.73. The van der Waals surface area contributed by atoms with E-state index in [0.29, 0.717) is 0 Å². The number of hydrogen-bond acceptors (Lipinski definition) is 6. The highest BCUT2D eigenvalue weighted by Crippen LogP contribution is 2.00. The summed E-state index contributed by atoms with van der Waals surface area (Å²) in [5, 5.41) is 2.01. The fraction of sp³-hybridized carbons (Fsp3) is 0.500. The largest absolute Gasteiger partial charge is 0.253 e. The zero-order valence-corrected chi connectivity index (χ0v) is 19.0. The van der Waals surface area contributed by atoms with Crippen molar-refractivity contribution >= 4 is 34.4 Å². The Labute approximate surface area is 161 Å². The smallest absolute Gasteiger partial charge is 0.0794 e. The molecule has 0 aliphatic rings. The molecule has 3 rings (SSSR count). The molecule has 0 atom stereocenters. The normalized spacial score (nSPS) is 7.38. The zero-order valence-electron chi connectivity index (χ0n) is 16.5. The average molecular weight is 388 g/mol. The molecule has 138 valence electrons. The Kier molecular flexibility index (Phi) is 27.9. The van der Waals surface area contributed by atoms with Crippen molar-refractivity contribution in [3.05, 3.63) is 50.9 Å². The van der Waals surface area contributed by atoms with E-state index >= 15 is 0 Å². The third-order valence-electron chi connectivity index (χ3n) is 1.68. The molecule has 0 aliphatic carbocycles. The van der Waals surface area contributed by atoms with Crippen LogP contribution in [0, 0.1) is 20.8 Å². The molecule has 0 aromatic carbocycles. The molecule has 0 saturated heterocycles. The Hall–Kier alpha value is -1.11. The maximum Gasteiger partial charge on any atom is 0.0794 e. The van der Waals surface area contributed by atoms with Gasteiger partial charge in [0.25, 0.3) is 0 Å². The molecule has 24 heavy (non-hydrogen) atoms. The number of hydrogen-bond donors (Lipinski definition) is 0. The first-order valence-corrected chi connectivity index (χ1v) is 10.8. The van der Waals surface area contributed by atoms with E-state index in [2.05, 4.69) is 13.7 Å². The number of rotatable bonds is 0. The minimum absolute atomic E-state index is 1.25. The highest BCUT2D eigenvalue weighted by atomic mass is 32.1. The first-order valence-electron chi connectivity index (χ1n) is 8.27. The van der Waals surface area contributed by atoms with Crippen LogP contribution in [-0.4, -0.2) is 13.7 Å². The maximum absolute atomic E-state index is 3.86. The van der Waals surface area contributed by atoms with Gasteiger partial charge in [-0.25, -0.2) is 8.75 Å². The van der Waals surface area contributed by atoms with Crippen LogP contribution in [-0.2, 0) is 0 Å². The van der Waals surface area contributed by atoms with Gasteiger partial charge in [0, 0.05) is 33.7 Å². The molecule has 3 aromatic rings. The molecule has 3 aromatic heterocycles. The van der Waals surface area contributed by atoms with Gasteiger partial charge in [-0.1, -0.05) is 41.5 Å². The van der Waals surface area contributed by atoms with Gasteiger partial charge in [0.05, 0.1) is 5.51 Å². The average Bonchev–Trinajstić information content (AvgIpc) is 3.40. The molecule has 6 heteroatoms. The summed E-state index contributed by atoms with van der Waals surface area (Å²) in [6.07, 6.45) is 5.51. The first kappa shape index (κ1) is 27.7. The second-order valence-electron chi connectivity index (χ2n) is 3.44. The van der Waals surface area contributed by atoms with Crippen molar-refractivity contribution in [2.24, 2.45) is 0 Å². The Morgan fingerprint density at radius 2 is 1.42 bits per heavy atom. The summed E-state index contributed by atoms with van der Waals surface area (Å²) in [5.74, 6) is 0. The first-order chi connectivity index (χ1) is 11.7. The second-order valence-corrected chi connectivity index (χ2v) is 6.22. The number of thiazole rings is 1. The monoisotopic (exact) mass is 387 g/mol. The van der Waals surface area contributed by atoms with Crippen LogP contribution < -0.4 is 0 Å². The standard InChI is InChI=1S/3C4H5NS.3C2H6/c1-4-2-5-3-6-4;1-4-2-5-6-3-4;1-4-2-3-5-6-4;3*1-2/h3*2-3H,1H3;3*1-2H3. The lowest BCUT2D eigenvalue weighted by atomic mass is 10.5. The van der Waals surface area contributed by atoms with E-state index in [9.17, 15) is 0 Å². The molecule has 0 aliphatic heterocycles. The van der Waals surface area contributed by atoms with E-state index in [0.717, 1.165) is 0 Å². The molecule has 0 unspecified atom stereocenters. The molecule has 0 amide bonds. The fourth-order valence-corrected chi connectivity index (χ4v) is 2.15. The highest BCUT2D eigenvalue weighted by Gasteiger charge is 1.77.